The second kappa shape index (κ2) is 6.09. The quantitative estimate of drug-likeness (QED) is 0.264. The summed E-state index contributed by atoms with van der Waals surface area (Å²) in [6, 6.07) is -0.653. The molecule has 80 valence electrons. The molecule has 0 radical (unpaired) electrons. The first kappa shape index (κ1) is 12.6. The van der Waals surface area contributed by atoms with E-state index in [1.54, 1.807) is 0 Å². The first-order valence-corrected chi connectivity index (χ1v) is 4.24. The van der Waals surface area contributed by atoms with Crippen molar-refractivity contribution in [1.29, 1.82) is 10.8 Å². The van der Waals surface area contributed by atoms with Crippen molar-refractivity contribution in [2.45, 2.75) is 25.3 Å². The molecule has 14 heavy (non-hydrogen) atoms. The topological polar surface area (TPSA) is 126 Å². The van der Waals surface area contributed by atoms with Crippen LogP contribution in [0.4, 0.5) is 0 Å². The van der Waals surface area contributed by atoms with Gasteiger partial charge in [0, 0.05) is 0 Å². The van der Waals surface area contributed by atoms with Gasteiger partial charge in [0.25, 0.3) is 0 Å². The van der Waals surface area contributed by atoms with Crippen LogP contribution in [0.5, 0.6) is 0 Å². The normalized spacial score (nSPS) is 11.9. The molecule has 0 saturated heterocycles. The number of rotatable bonds is 6. The first-order valence-electron chi connectivity index (χ1n) is 4.24. The number of carbonyl (C=O) groups is 1. The van der Waals surface area contributed by atoms with Crippen LogP contribution in [0, 0.1) is 10.8 Å². The molecule has 0 fully saturated rings. The third-order valence-electron chi connectivity index (χ3n) is 1.77. The fraction of sp³-hybridized carbons (Fsp3) is 0.625. The van der Waals surface area contributed by atoms with E-state index in [1.807, 2.05) is 0 Å². The number of hydrogen-bond donors (Lipinski definition) is 4. The van der Waals surface area contributed by atoms with Crippen molar-refractivity contribution in [1.82, 2.24) is 0 Å². The summed E-state index contributed by atoms with van der Waals surface area (Å²) in [4.78, 5) is 10.9. The number of nitrogens with one attached hydrogen (secondary N) is 2. The Bertz CT molecular complexity index is 239. The zero-order valence-corrected chi connectivity index (χ0v) is 8.17. The molecule has 0 aliphatic rings. The van der Waals surface area contributed by atoms with Crippen LogP contribution < -0.4 is 11.5 Å². The predicted molar refractivity (Wildman–Crippen MR) is 53.5 cm³/mol. The van der Waals surface area contributed by atoms with Crippen LogP contribution in [0.2, 0.25) is 0 Å². The lowest BCUT2D eigenvalue weighted by Gasteiger charge is -2.08. The van der Waals surface area contributed by atoms with Crippen LogP contribution in [0.15, 0.2) is 0 Å². The highest BCUT2D eigenvalue weighted by molar-refractivity contribution is 6.38. The summed E-state index contributed by atoms with van der Waals surface area (Å²) in [5.41, 5.74) is 10.6. The number of hydrogen-bond acceptors (Lipinski definition) is 5. The van der Waals surface area contributed by atoms with Gasteiger partial charge in [-0.1, -0.05) is 0 Å². The Balaban J connectivity index is 3.69. The summed E-state index contributed by atoms with van der Waals surface area (Å²) < 4.78 is 4.43. The molecular formula is C8H16N4O2. The van der Waals surface area contributed by atoms with Gasteiger partial charge < -0.3 is 21.6 Å². The van der Waals surface area contributed by atoms with Crippen molar-refractivity contribution in [3.63, 3.8) is 0 Å². The van der Waals surface area contributed by atoms with Gasteiger partial charge in [0.2, 0.25) is 0 Å². The molecule has 0 spiro atoms. The zero-order valence-electron chi connectivity index (χ0n) is 8.17. The van der Waals surface area contributed by atoms with Gasteiger partial charge in [-0.3, -0.25) is 10.2 Å². The van der Waals surface area contributed by atoms with Gasteiger partial charge in [0.05, 0.1) is 12.8 Å². The molecule has 0 unspecified atom stereocenters. The van der Waals surface area contributed by atoms with Crippen LogP contribution in [0.25, 0.3) is 0 Å². The van der Waals surface area contributed by atoms with E-state index in [2.05, 4.69) is 4.74 Å². The minimum Gasteiger partial charge on any atom is -0.468 e. The third kappa shape index (κ3) is 4.56. The Labute approximate surface area is 82.6 Å². The van der Waals surface area contributed by atoms with Crippen molar-refractivity contribution >= 4 is 17.5 Å². The summed E-state index contributed by atoms with van der Waals surface area (Å²) in [7, 11) is 1.28. The second-order valence-electron chi connectivity index (χ2n) is 2.91. The third-order valence-corrected chi connectivity index (χ3v) is 1.77. The molecule has 0 amide bonds. The molecule has 0 aromatic rings. The molecule has 0 rings (SSSR count). The maximum atomic E-state index is 10.9. The number of amidine groups is 1. The molecule has 0 aromatic heterocycles. The Morgan fingerprint density at radius 3 is 2.50 bits per heavy atom. The van der Waals surface area contributed by atoms with Crippen LogP contribution in [-0.2, 0) is 9.53 Å². The molecule has 0 aromatic carbocycles. The number of esters is 1. The van der Waals surface area contributed by atoms with E-state index in [0.717, 1.165) is 0 Å². The molecule has 0 aliphatic heterocycles. The van der Waals surface area contributed by atoms with E-state index < -0.39 is 12.0 Å². The lowest BCUT2D eigenvalue weighted by molar-refractivity contribution is -0.142. The lowest BCUT2D eigenvalue weighted by atomic mass is 10.1. The smallest absolute Gasteiger partial charge is 0.322 e. The van der Waals surface area contributed by atoms with Crippen molar-refractivity contribution in [3.8, 4) is 0 Å². The van der Waals surface area contributed by atoms with Gasteiger partial charge in [-0.15, -0.1) is 0 Å². The second-order valence-corrected chi connectivity index (χ2v) is 2.91. The number of nitrogens with two attached hydrogens (primary N) is 2. The fourth-order valence-electron chi connectivity index (χ4n) is 0.903. The van der Waals surface area contributed by atoms with E-state index >= 15 is 0 Å². The Morgan fingerprint density at radius 2 is 2.07 bits per heavy atom. The van der Waals surface area contributed by atoms with Crippen LogP contribution in [0.1, 0.15) is 19.3 Å². The van der Waals surface area contributed by atoms with Crippen LogP contribution >= 0.6 is 0 Å². The fourth-order valence-corrected chi connectivity index (χ4v) is 0.903. The van der Waals surface area contributed by atoms with E-state index in [4.69, 9.17) is 22.3 Å². The standard InChI is InChI=1S/C8H16N4O2/c1-14-8(13)6(10)4-2-3-5(9)7(11)12/h6,9H,2-4,10H2,1H3,(H3,11,12)/t6-/m1/s1. The first-order chi connectivity index (χ1) is 6.49. The van der Waals surface area contributed by atoms with Gasteiger partial charge in [-0.25, -0.2) is 0 Å². The molecule has 1 atom stereocenters. The number of ether oxygens (including phenoxy) is 1. The Hall–Kier alpha value is -1.43. The molecular weight excluding hydrogens is 184 g/mol. The predicted octanol–water partition coefficient (Wildman–Crippen LogP) is -0.387. The largest absolute Gasteiger partial charge is 0.468 e. The van der Waals surface area contributed by atoms with Gasteiger partial charge in [-0.2, -0.15) is 0 Å². The van der Waals surface area contributed by atoms with Gasteiger partial charge in [0.15, 0.2) is 0 Å². The molecule has 6 heteroatoms. The Morgan fingerprint density at radius 1 is 1.50 bits per heavy atom. The highest BCUT2D eigenvalue weighted by Crippen LogP contribution is 2.01. The summed E-state index contributed by atoms with van der Waals surface area (Å²) >= 11 is 0. The highest BCUT2D eigenvalue weighted by Gasteiger charge is 2.13. The van der Waals surface area contributed by atoms with Gasteiger partial charge >= 0.3 is 5.97 Å². The number of carbonyl (C=O) groups excluding carboxylic acids is 1. The summed E-state index contributed by atoms with van der Waals surface area (Å²) in [6.07, 6.45) is 1.34. The molecule has 0 aliphatic carbocycles. The monoisotopic (exact) mass is 200 g/mol. The summed E-state index contributed by atoms with van der Waals surface area (Å²) in [6.45, 7) is 0. The molecule has 6 nitrogen and oxygen atoms in total. The van der Waals surface area contributed by atoms with Crippen molar-refractivity contribution < 1.29 is 9.53 Å². The van der Waals surface area contributed by atoms with E-state index in [9.17, 15) is 4.79 Å². The van der Waals surface area contributed by atoms with Crippen LogP contribution in [0.3, 0.4) is 0 Å². The maximum Gasteiger partial charge on any atom is 0.322 e. The average Bonchev–Trinajstić information content (AvgIpc) is 2.15. The molecule has 6 N–H and O–H groups in total. The van der Waals surface area contributed by atoms with E-state index in [1.165, 1.54) is 7.11 Å². The lowest BCUT2D eigenvalue weighted by Crippen LogP contribution is -2.31. The Kier molecular flexibility index (Phi) is 5.47. The number of methoxy groups -OCH3 is 1. The van der Waals surface area contributed by atoms with E-state index in [0.29, 0.717) is 19.3 Å². The van der Waals surface area contributed by atoms with Gasteiger partial charge in [0.1, 0.15) is 11.9 Å². The summed E-state index contributed by atoms with van der Waals surface area (Å²) in [5, 5.41) is 14.2. The van der Waals surface area contributed by atoms with Gasteiger partial charge in [-0.05, 0) is 19.3 Å². The SMILES string of the molecule is COC(=O)[C@H](N)CCCC(=N)C(=N)N. The van der Waals surface area contributed by atoms with Crippen molar-refractivity contribution in [2.24, 2.45) is 11.5 Å². The average molecular weight is 200 g/mol. The molecule has 0 saturated carbocycles. The molecule has 0 bridgehead atoms. The maximum absolute atomic E-state index is 10.9. The highest BCUT2D eigenvalue weighted by atomic mass is 16.5. The zero-order chi connectivity index (χ0) is 11.1. The van der Waals surface area contributed by atoms with Crippen molar-refractivity contribution in [2.75, 3.05) is 7.11 Å². The summed E-state index contributed by atoms with van der Waals surface area (Å²) in [5.74, 6) is -0.698. The van der Waals surface area contributed by atoms with Crippen molar-refractivity contribution in [3.05, 3.63) is 0 Å². The minimum absolute atomic E-state index is 0.0714. The van der Waals surface area contributed by atoms with E-state index in [-0.39, 0.29) is 11.5 Å². The molecule has 0 heterocycles. The minimum atomic E-state index is -0.653. The van der Waals surface area contributed by atoms with Crippen LogP contribution in [-0.4, -0.2) is 30.7 Å².